The van der Waals surface area contributed by atoms with Crippen LogP contribution in [0.3, 0.4) is 0 Å². The molecule has 0 amide bonds. The zero-order valence-electron chi connectivity index (χ0n) is 21.3. The Morgan fingerprint density at radius 3 is 2.62 bits per heavy atom. The molecule has 1 aliphatic rings. The van der Waals surface area contributed by atoms with Crippen molar-refractivity contribution in [2.45, 2.75) is 19.9 Å². The first-order chi connectivity index (χ1) is 18.8. The lowest BCUT2D eigenvalue weighted by Crippen LogP contribution is -2.39. The van der Waals surface area contributed by atoms with Gasteiger partial charge in [0, 0.05) is 11.6 Å². The highest BCUT2D eigenvalue weighted by molar-refractivity contribution is 7.07. The van der Waals surface area contributed by atoms with E-state index >= 15 is 0 Å². The molecule has 39 heavy (non-hydrogen) atoms. The normalized spacial score (nSPS) is 15.1. The lowest BCUT2D eigenvalue weighted by atomic mass is 9.96. The standard InChI is InChI=1S/C29H24N2O7S/c1-4-37-28(35)24-16(2)30-29-31(25(24)17-8-10-20(36-3)11-9-17)26(32)23(39-29)15-21-12-13-22(38-21)18-6-5-7-19(14-18)27(33)34/h5-15,25H,4H2,1-3H3,(H,33,34)/p-1/b23-15-/t25-/m0/s1. The summed E-state index contributed by atoms with van der Waals surface area (Å²) in [6, 6.07) is 16.0. The van der Waals surface area contributed by atoms with Gasteiger partial charge in [-0.15, -0.1) is 0 Å². The Balaban J connectivity index is 1.61. The van der Waals surface area contributed by atoms with Crippen molar-refractivity contribution < 1.29 is 28.6 Å². The average molecular weight is 544 g/mol. The first-order valence-electron chi connectivity index (χ1n) is 12.1. The van der Waals surface area contributed by atoms with E-state index in [0.717, 1.165) is 0 Å². The molecule has 2 aromatic carbocycles. The van der Waals surface area contributed by atoms with Gasteiger partial charge >= 0.3 is 5.97 Å². The largest absolute Gasteiger partial charge is 0.545 e. The highest BCUT2D eigenvalue weighted by Crippen LogP contribution is 2.31. The molecule has 1 aliphatic heterocycles. The molecule has 5 rings (SSSR count). The summed E-state index contributed by atoms with van der Waals surface area (Å²) < 4.78 is 18.3. The minimum atomic E-state index is -1.28. The van der Waals surface area contributed by atoms with Gasteiger partial charge in [0.05, 0.1) is 41.5 Å². The molecule has 198 valence electrons. The number of carboxylic acids is 1. The van der Waals surface area contributed by atoms with E-state index in [0.29, 0.717) is 43.4 Å². The van der Waals surface area contributed by atoms with Crippen LogP contribution in [0, 0.1) is 0 Å². The molecule has 0 spiro atoms. The van der Waals surface area contributed by atoms with Gasteiger partial charge in [-0.05, 0) is 55.3 Å². The first kappa shape index (κ1) is 25.9. The van der Waals surface area contributed by atoms with E-state index in [2.05, 4.69) is 4.99 Å². The third-order valence-electron chi connectivity index (χ3n) is 6.23. The van der Waals surface area contributed by atoms with Gasteiger partial charge in [0.15, 0.2) is 4.80 Å². The molecule has 3 heterocycles. The maximum Gasteiger partial charge on any atom is 0.338 e. The number of carboxylic acid groups (broad SMARTS) is 1. The predicted octanol–water partition coefficient (Wildman–Crippen LogP) is 2.43. The number of benzene rings is 2. The number of ether oxygens (including phenoxy) is 2. The Morgan fingerprint density at radius 2 is 1.92 bits per heavy atom. The van der Waals surface area contributed by atoms with E-state index < -0.39 is 18.0 Å². The number of esters is 1. The van der Waals surface area contributed by atoms with E-state index in [1.54, 1.807) is 75.6 Å². The van der Waals surface area contributed by atoms with Crippen LogP contribution >= 0.6 is 11.3 Å². The van der Waals surface area contributed by atoms with Gasteiger partial charge in [0.25, 0.3) is 5.56 Å². The topological polar surface area (TPSA) is 123 Å². The van der Waals surface area contributed by atoms with Crippen LogP contribution in [0.2, 0.25) is 0 Å². The molecule has 0 aliphatic carbocycles. The molecule has 0 bridgehead atoms. The van der Waals surface area contributed by atoms with Crippen molar-refractivity contribution in [2.24, 2.45) is 4.99 Å². The van der Waals surface area contributed by atoms with Crippen molar-refractivity contribution in [1.82, 2.24) is 4.57 Å². The molecular formula is C29H23N2O7S-. The predicted molar refractivity (Wildman–Crippen MR) is 142 cm³/mol. The molecule has 1 atom stereocenters. The summed E-state index contributed by atoms with van der Waals surface area (Å²) in [4.78, 5) is 42.9. The van der Waals surface area contributed by atoms with Crippen molar-refractivity contribution in [3.63, 3.8) is 0 Å². The Morgan fingerprint density at radius 1 is 1.15 bits per heavy atom. The van der Waals surface area contributed by atoms with Crippen LogP contribution in [0.15, 0.2) is 86.1 Å². The summed E-state index contributed by atoms with van der Waals surface area (Å²) in [6.45, 7) is 3.62. The van der Waals surface area contributed by atoms with Crippen molar-refractivity contribution in [2.75, 3.05) is 13.7 Å². The Kier molecular flexibility index (Phi) is 7.03. The van der Waals surface area contributed by atoms with Gasteiger partial charge in [-0.3, -0.25) is 9.36 Å². The first-order valence-corrected chi connectivity index (χ1v) is 12.9. The summed E-state index contributed by atoms with van der Waals surface area (Å²) in [5, 5.41) is 11.2. The van der Waals surface area contributed by atoms with Crippen LogP contribution in [-0.2, 0) is 9.53 Å². The van der Waals surface area contributed by atoms with Crippen LogP contribution in [0.1, 0.15) is 41.6 Å². The molecule has 0 unspecified atom stereocenters. The summed E-state index contributed by atoms with van der Waals surface area (Å²) in [5.41, 5.74) is 1.71. The number of hydrogen-bond donors (Lipinski definition) is 0. The molecular weight excluding hydrogens is 520 g/mol. The van der Waals surface area contributed by atoms with Crippen molar-refractivity contribution in [3.8, 4) is 17.1 Å². The third-order valence-corrected chi connectivity index (χ3v) is 7.21. The molecule has 0 N–H and O–H groups in total. The van der Waals surface area contributed by atoms with Gasteiger partial charge < -0.3 is 23.8 Å². The van der Waals surface area contributed by atoms with Crippen molar-refractivity contribution in [1.29, 1.82) is 0 Å². The Labute approximate surface area is 226 Å². The lowest BCUT2D eigenvalue weighted by Gasteiger charge is -2.24. The number of carbonyl (C=O) groups is 2. The molecule has 0 saturated carbocycles. The number of hydrogen-bond acceptors (Lipinski definition) is 9. The van der Waals surface area contributed by atoms with Crippen LogP contribution in [0.25, 0.3) is 17.4 Å². The zero-order chi connectivity index (χ0) is 27.7. The second-order valence-electron chi connectivity index (χ2n) is 8.65. The maximum absolute atomic E-state index is 13.7. The molecule has 0 saturated heterocycles. The fourth-order valence-corrected chi connectivity index (χ4v) is 5.43. The number of allylic oxidation sites excluding steroid dienone is 1. The third kappa shape index (κ3) is 4.94. The van der Waals surface area contributed by atoms with Gasteiger partial charge in [0.1, 0.15) is 17.3 Å². The number of rotatable bonds is 7. The zero-order valence-corrected chi connectivity index (χ0v) is 22.1. The van der Waals surface area contributed by atoms with Gasteiger partial charge in [-0.2, -0.15) is 0 Å². The number of thiazole rings is 1. The summed E-state index contributed by atoms with van der Waals surface area (Å²) in [6.07, 6.45) is 1.60. The highest BCUT2D eigenvalue weighted by Gasteiger charge is 2.33. The lowest BCUT2D eigenvalue weighted by molar-refractivity contribution is -0.255. The number of carbonyl (C=O) groups excluding carboxylic acids is 2. The smallest absolute Gasteiger partial charge is 0.338 e. The van der Waals surface area contributed by atoms with Crippen molar-refractivity contribution >= 4 is 29.4 Å². The van der Waals surface area contributed by atoms with E-state index in [4.69, 9.17) is 13.9 Å². The second kappa shape index (κ2) is 10.6. The number of methoxy groups -OCH3 is 1. The molecule has 9 nitrogen and oxygen atoms in total. The van der Waals surface area contributed by atoms with E-state index in [9.17, 15) is 19.5 Å². The van der Waals surface area contributed by atoms with Crippen LogP contribution < -0.4 is 24.7 Å². The second-order valence-corrected chi connectivity index (χ2v) is 9.65. The summed E-state index contributed by atoms with van der Waals surface area (Å²) >= 11 is 1.18. The van der Waals surface area contributed by atoms with Gasteiger partial charge in [-0.25, -0.2) is 9.79 Å². The number of aromatic carboxylic acids is 1. The highest BCUT2D eigenvalue weighted by atomic mass is 32.1. The fraction of sp³-hybridized carbons (Fsp3) is 0.172. The monoisotopic (exact) mass is 543 g/mol. The SMILES string of the molecule is CCOC(=O)C1=C(C)N=c2s/c(=C\c3ccc(-c4cccc(C(=O)[O-])c4)o3)c(=O)n2[C@H]1c1ccc(OC)cc1. The molecule has 10 heteroatoms. The molecule has 2 aromatic heterocycles. The van der Waals surface area contributed by atoms with Crippen molar-refractivity contribution in [3.05, 3.63) is 109 Å². The minimum absolute atomic E-state index is 0.0325. The number of aromatic nitrogens is 1. The van der Waals surface area contributed by atoms with E-state index in [-0.39, 0.29) is 23.3 Å². The molecule has 0 fully saturated rings. The van der Waals surface area contributed by atoms with E-state index in [1.807, 2.05) is 0 Å². The summed E-state index contributed by atoms with van der Waals surface area (Å²) in [5.74, 6) is -0.342. The minimum Gasteiger partial charge on any atom is -0.545 e. The van der Waals surface area contributed by atoms with E-state index in [1.165, 1.54) is 28.0 Å². The average Bonchev–Trinajstić information content (AvgIpc) is 3.52. The quantitative estimate of drug-likeness (QED) is 0.328. The number of nitrogens with zero attached hydrogens (tertiary/aromatic N) is 2. The Bertz CT molecular complexity index is 1790. The van der Waals surface area contributed by atoms with Crippen LogP contribution in [0.5, 0.6) is 5.75 Å². The summed E-state index contributed by atoms with van der Waals surface area (Å²) in [7, 11) is 1.56. The number of fused-ring (bicyclic) bond motifs is 1. The molecule has 4 aromatic rings. The number of furan rings is 1. The Hall–Kier alpha value is -4.70. The van der Waals surface area contributed by atoms with Crippen LogP contribution in [0.4, 0.5) is 0 Å². The molecule has 0 radical (unpaired) electrons. The fourth-order valence-electron chi connectivity index (χ4n) is 4.41. The van der Waals surface area contributed by atoms with Gasteiger partial charge in [-0.1, -0.05) is 41.7 Å². The van der Waals surface area contributed by atoms with Crippen LogP contribution in [-0.4, -0.2) is 30.2 Å². The van der Waals surface area contributed by atoms with Gasteiger partial charge in [0.2, 0.25) is 0 Å². The maximum atomic E-state index is 13.7.